The maximum atomic E-state index is 6.33. The van der Waals surface area contributed by atoms with Crippen LogP contribution in [0.2, 0.25) is 5.02 Å². The van der Waals surface area contributed by atoms with Gasteiger partial charge in [-0.1, -0.05) is 32.4 Å². The van der Waals surface area contributed by atoms with Gasteiger partial charge in [0.25, 0.3) is 0 Å². The fourth-order valence-electron chi connectivity index (χ4n) is 2.43. The number of halogens is 1. The summed E-state index contributed by atoms with van der Waals surface area (Å²) in [4.78, 5) is 0. The van der Waals surface area contributed by atoms with E-state index in [4.69, 9.17) is 11.6 Å². The van der Waals surface area contributed by atoms with Crippen molar-refractivity contribution < 1.29 is 0 Å². The molecule has 0 atom stereocenters. The SMILES string of the molecule is CCn1nc(C)c(Cl)c1CNC(CC)(CC)CC. The molecule has 1 rings (SSSR count). The number of nitrogens with zero attached hydrogens (tertiary/aromatic N) is 2. The van der Waals surface area contributed by atoms with Crippen LogP contribution in [-0.2, 0) is 13.1 Å². The molecule has 18 heavy (non-hydrogen) atoms. The fraction of sp³-hybridized carbons (Fsp3) is 0.786. The Morgan fingerprint density at radius 3 is 2.17 bits per heavy atom. The van der Waals surface area contributed by atoms with Gasteiger partial charge in [-0.25, -0.2) is 0 Å². The van der Waals surface area contributed by atoms with Crippen molar-refractivity contribution in [2.45, 2.75) is 72.5 Å². The minimum Gasteiger partial charge on any atom is -0.306 e. The average Bonchev–Trinajstić information content (AvgIpc) is 2.68. The van der Waals surface area contributed by atoms with Gasteiger partial charge < -0.3 is 5.32 Å². The number of aromatic nitrogens is 2. The standard InChI is InChI=1S/C14H26ClN3/c1-6-14(7-2,8-3)16-10-12-13(15)11(5)17-18(12)9-4/h16H,6-10H2,1-5H3. The largest absolute Gasteiger partial charge is 0.306 e. The van der Waals surface area contributed by atoms with Crippen LogP contribution in [0.25, 0.3) is 0 Å². The Kier molecular flexibility index (Phi) is 5.67. The number of rotatable bonds is 7. The normalized spacial score (nSPS) is 12.1. The van der Waals surface area contributed by atoms with E-state index < -0.39 is 0 Å². The lowest BCUT2D eigenvalue weighted by Gasteiger charge is -2.32. The summed E-state index contributed by atoms with van der Waals surface area (Å²) in [5, 5.41) is 8.94. The summed E-state index contributed by atoms with van der Waals surface area (Å²) in [6.07, 6.45) is 3.41. The van der Waals surface area contributed by atoms with Crippen LogP contribution in [0.1, 0.15) is 58.3 Å². The molecule has 0 unspecified atom stereocenters. The van der Waals surface area contributed by atoms with E-state index in [2.05, 4.69) is 38.1 Å². The lowest BCUT2D eigenvalue weighted by Crippen LogP contribution is -2.43. The first-order valence-electron chi connectivity index (χ1n) is 7.00. The first-order valence-corrected chi connectivity index (χ1v) is 7.38. The molecule has 0 bridgehead atoms. The second-order valence-corrected chi connectivity index (χ2v) is 5.23. The summed E-state index contributed by atoms with van der Waals surface area (Å²) in [6.45, 7) is 12.4. The number of aryl methyl sites for hydroxylation is 2. The molecule has 0 aliphatic heterocycles. The molecule has 0 radical (unpaired) electrons. The van der Waals surface area contributed by atoms with Gasteiger partial charge in [0, 0.05) is 18.6 Å². The van der Waals surface area contributed by atoms with Gasteiger partial charge in [-0.05, 0) is 33.1 Å². The Balaban J connectivity index is 2.85. The van der Waals surface area contributed by atoms with Crippen molar-refractivity contribution in [3.63, 3.8) is 0 Å². The molecule has 0 amide bonds. The molecule has 0 aromatic carbocycles. The molecule has 1 heterocycles. The molecule has 0 saturated carbocycles. The molecule has 0 spiro atoms. The van der Waals surface area contributed by atoms with E-state index in [0.29, 0.717) is 0 Å². The summed E-state index contributed by atoms with van der Waals surface area (Å²) in [5.74, 6) is 0. The average molecular weight is 272 g/mol. The first-order chi connectivity index (χ1) is 8.53. The number of hydrogen-bond donors (Lipinski definition) is 1. The van der Waals surface area contributed by atoms with Gasteiger partial charge in [0.2, 0.25) is 0 Å². The van der Waals surface area contributed by atoms with Crippen LogP contribution in [0.5, 0.6) is 0 Å². The topological polar surface area (TPSA) is 29.9 Å². The quantitative estimate of drug-likeness (QED) is 0.815. The highest BCUT2D eigenvalue weighted by Gasteiger charge is 2.24. The lowest BCUT2D eigenvalue weighted by atomic mass is 9.90. The Labute approximate surface area is 116 Å². The predicted molar refractivity (Wildman–Crippen MR) is 78.1 cm³/mol. The van der Waals surface area contributed by atoms with Crippen LogP contribution < -0.4 is 5.32 Å². The van der Waals surface area contributed by atoms with E-state index in [1.165, 1.54) is 0 Å². The Hall–Kier alpha value is -0.540. The minimum absolute atomic E-state index is 0.222. The Morgan fingerprint density at radius 1 is 1.17 bits per heavy atom. The zero-order valence-corrected chi connectivity index (χ0v) is 13.1. The summed E-state index contributed by atoms with van der Waals surface area (Å²) >= 11 is 6.33. The van der Waals surface area contributed by atoms with E-state index in [0.717, 1.165) is 48.8 Å². The van der Waals surface area contributed by atoms with Crippen molar-refractivity contribution in [3.8, 4) is 0 Å². The summed E-state index contributed by atoms with van der Waals surface area (Å²) in [6, 6.07) is 0. The second kappa shape index (κ2) is 6.58. The molecule has 4 heteroatoms. The molecular formula is C14H26ClN3. The highest BCUT2D eigenvalue weighted by Crippen LogP contribution is 2.24. The summed E-state index contributed by atoms with van der Waals surface area (Å²) in [7, 11) is 0. The molecular weight excluding hydrogens is 246 g/mol. The van der Waals surface area contributed by atoms with E-state index in [1.807, 2.05) is 11.6 Å². The van der Waals surface area contributed by atoms with Gasteiger partial charge in [-0.3, -0.25) is 4.68 Å². The van der Waals surface area contributed by atoms with Crippen LogP contribution in [0.15, 0.2) is 0 Å². The van der Waals surface area contributed by atoms with E-state index >= 15 is 0 Å². The summed E-state index contributed by atoms with van der Waals surface area (Å²) < 4.78 is 2.00. The second-order valence-electron chi connectivity index (χ2n) is 4.86. The van der Waals surface area contributed by atoms with Crippen molar-refractivity contribution in [2.24, 2.45) is 0 Å². The third-order valence-corrected chi connectivity index (χ3v) is 4.61. The molecule has 0 fully saturated rings. The smallest absolute Gasteiger partial charge is 0.0860 e. The molecule has 0 aliphatic carbocycles. The van der Waals surface area contributed by atoms with E-state index in [-0.39, 0.29) is 5.54 Å². The maximum Gasteiger partial charge on any atom is 0.0860 e. The van der Waals surface area contributed by atoms with E-state index in [9.17, 15) is 0 Å². The molecule has 1 aromatic rings. The third-order valence-electron chi connectivity index (χ3n) is 4.11. The molecule has 0 aliphatic rings. The lowest BCUT2D eigenvalue weighted by molar-refractivity contribution is 0.284. The van der Waals surface area contributed by atoms with Crippen LogP contribution >= 0.6 is 11.6 Å². The van der Waals surface area contributed by atoms with Crippen LogP contribution in [0, 0.1) is 6.92 Å². The fourth-order valence-corrected chi connectivity index (χ4v) is 2.64. The van der Waals surface area contributed by atoms with Crippen molar-refractivity contribution in [3.05, 3.63) is 16.4 Å². The Morgan fingerprint density at radius 2 is 1.72 bits per heavy atom. The minimum atomic E-state index is 0.222. The van der Waals surface area contributed by atoms with Gasteiger partial charge in [-0.2, -0.15) is 5.10 Å². The highest BCUT2D eigenvalue weighted by molar-refractivity contribution is 6.31. The zero-order valence-electron chi connectivity index (χ0n) is 12.3. The van der Waals surface area contributed by atoms with Gasteiger partial charge >= 0.3 is 0 Å². The zero-order chi connectivity index (χ0) is 13.8. The van der Waals surface area contributed by atoms with Crippen LogP contribution in [-0.4, -0.2) is 15.3 Å². The third kappa shape index (κ3) is 3.07. The molecule has 0 saturated heterocycles. The van der Waals surface area contributed by atoms with Gasteiger partial charge in [0.05, 0.1) is 16.4 Å². The summed E-state index contributed by atoms with van der Waals surface area (Å²) in [5.41, 5.74) is 2.25. The van der Waals surface area contributed by atoms with Crippen molar-refractivity contribution in [1.29, 1.82) is 0 Å². The van der Waals surface area contributed by atoms with Crippen molar-refractivity contribution in [1.82, 2.24) is 15.1 Å². The van der Waals surface area contributed by atoms with Crippen molar-refractivity contribution >= 4 is 11.6 Å². The van der Waals surface area contributed by atoms with Crippen LogP contribution in [0.3, 0.4) is 0 Å². The van der Waals surface area contributed by atoms with Gasteiger partial charge in [0.15, 0.2) is 0 Å². The van der Waals surface area contributed by atoms with Crippen LogP contribution in [0.4, 0.5) is 0 Å². The molecule has 104 valence electrons. The molecule has 1 N–H and O–H groups in total. The van der Waals surface area contributed by atoms with Crippen molar-refractivity contribution in [2.75, 3.05) is 0 Å². The maximum absolute atomic E-state index is 6.33. The first kappa shape index (κ1) is 15.5. The molecule has 1 aromatic heterocycles. The van der Waals surface area contributed by atoms with Gasteiger partial charge in [-0.15, -0.1) is 0 Å². The van der Waals surface area contributed by atoms with Gasteiger partial charge in [0.1, 0.15) is 0 Å². The predicted octanol–water partition coefficient (Wildman–Crippen LogP) is 3.92. The number of nitrogens with one attached hydrogen (secondary N) is 1. The Bertz CT molecular complexity index is 372. The highest BCUT2D eigenvalue weighted by atomic mass is 35.5. The number of hydrogen-bond acceptors (Lipinski definition) is 2. The monoisotopic (exact) mass is 271 g/mol. The van der Waals surface area contributed by atoms with E-state index in [1.54, 1.807) is 0 Å². The molecule has 3 nitrogen and oxygen atoms in total.